The number of hydrazone groups is 1. The molecule has 31 heavy (non-hydrogen) atoms. The van der Waals surface area contributed by atoms with Crippen LogP contribution in [-0.2, 0) is 11.4 Å². The van der Waals surface area contributed by atoms with Gasteiger partial charge in [-0.3, -0.25) is 4.79 Å². The summed E-state index contributed by atoms with van der Waals surface area (Å²) >= 11 is 5.67. The number of carbonyl (C=O) groups excluding carboxylic acids is 1. The minimum absolute atomic E-state index is 0.0433. The predicted molar refractivity (Wildman–Crippen MR) is 133 cm³/mol. The van der Waals surface area contributed by atoms with Crippen molar-refractivity contribution in [2.24, 2.45) is 22.4 Å². The molecule has 0 radical (unpaired) electrons. The molecule has 0 unspecified atom stereocenters. The van der Waals surface area contributed by atoms with Gasteiger partial charge in [-0.05, 0) is 82.2 Å². The SMILES string of the molecule is COc1cc(/C=N\NC(=O)[C@@H]2[C@H]3CCCC[C@@]32C)cc(I)c1OCc1ccc(Br)cc1. The van der Waals surface area contributed by atoms with Gasteiger partial charge in [0.15, 0.2) is 11.5 Å². The van der Waals surface area contributed by atoms with E-state index in [1.54, 1.807) is 13.3 Å². The number of hydrogen-bond acceptors (Lipinski definition) is 4. The maximum Gasteiger partial charge on any atom is 0.244 e. The molecule has 2 aliphatic rings. The number of carbonyl (C=O) groups is 1. The van der Waals surface area contributed by atoms with Crippen LogP contribution in [0.15, 0.2) is 46.0 Å². The van der Waals surface area contributed by atoms with Crippen molar-refractivity contribution in [3.63, 3.8) is 0 Å². The third kappa shape index (κ3) is 4.92. The van der Waals surface area contributed by atoms with Gasteiger partial charge in [-0.2, -0.15) is 5.10 Å². The van der Waals surface area contributed by atoms with E-state index >= 15 is 0 Å². The summed E-state index contributed by atoms with van der Waals surface area (Å²) in [5.41, 5.74) is 4.85. The number of amides is 1. The number of nitrogens with one attached hydrogen (secondary N) is 1. The lowest BCUT2D eigenvalue weighted by Gasteiger charge is -2.15. The summed E-state index contributed by atoms with van der Waals surface area (Å²) in [7, 11) is 1.62. The Bertz CT molecular complexity index is 995. The van der Waals surface area contributed by atoms with Crippen LogP contribution in [0.25, 0.3) is 0 Å². The first-order valence-electron chi connectivity index (χ1n) is 10.5. The Morgan fingerprint density at radius 2 is 2.10 bits per heavy atom. The van der Waals surface area contributed by atoms with Crippen LogP contribution in [0.1, 0.15) is 43.7 Å². The zero-order valence-electron chi connectivity index (χ0n) is 17.7. The molecule has 164 valence electrons. The van der Waals surface area contributed by atoms with Gasteiger partial charge >= 0.3 is 0 Å². The fourth-order valence-electron chi connectivity index (χ4n) is 4.78. The molecule has 2 aromatic rings. The lowest BCUT2D eigenvalue weighted by molar-refractivity contribution is -0.123. The highest BCUT2D eigenvalue weighted by Gasteiger charge is 2.64. The normalized spacial score (nSPS) is 24.5. The van der Waals surface area contributed by atoms with Crippen molar-refractivity contribution in [1.82, 2.24) is 5.43 Å². The molecule has 0 spiro atoms. The van der Waals surface area contributed by atoms with E-state index < -0.39 is 0 Å². The molecule has 0 bridgehead atoms. The van der Waals surface area contributed by atoms with Crippen LogP contribution in [0.3, 0.4) is 0 Å². The minimum atomic E-state index is 0.0433. The Balaban J connectivity index is 1.39. The van der Waals surface area contributed by atoms with E-state index in [1.165, 1.54) is 12.8 Å². The Morgan fingerprint density at radius 1 is 1.32 bits per heavy atom. The molecular formula is C24H26BrIN2O3. The number of rotatable bonds is 7. The second-order valence-electron chi connectivity index (χ2n) is 8.52. The van der Waals surface area contributed by atoms with Gasteiger partial charge in [0.05, 0.1) is 16.9 Å². The highest BCUT2D eigenvalue weighted by Crippen LogP contribution is 2.66. The molecular weight excluding hydrogens is 571 g/mol. The second kappa shape index (κ2) is 9.48. The number of hydrogen-bond donors (Lipinski definition) is 1. The molecule has 0 aromatic heterocycles. The van der Waals surface area contributed by atoms with E-state index in [0.29, 0.717) is 24.0 Å². The molecule has 7 heteroatoms. The summed E-state index contributed by atoms with van der Waals surface area (Å²) in [5, 5.41) is 4.21. The van der Waals surface area contributed by atoms with Gasteiger partial charge in [-0.1, -0.05) is 47.8 Å². The Kier molecular flexibility index (Phi) is 6.91. The third-order valence-electron chi connectivity index (χ3n) is 6.55. The zero-order chi connectivity index (χ0) is 22.0. The monoisotopic (exact) mass is 596 g/mol. The van der Waals surface area contributed by atoms with Crippen molar-refractivity contribution in [3.8, 4) is 11.5 Å². The van der Waals surface area contributed by atoms with Gasteiger partial charge in [-0.15, -0.1) is 0 Å². The predicted octanol–water partition coefficient (Wildman–Crippen LogP) is 5.92. The first-order chi connectivity index (χ1) is 14.9. The molecule has 2 saturated carbocycles. The minimum Gasteiger partial charge on any atom is -0.493 e. The van der Waals surface area contributed by atoms with Crippen molar-refractivity contribution < 1.29 is 14.3 Å². The van der Waals surface area contributed by atoms with Gasteiger partial charge in [0, 0.05) is 10.4 Å². The molecule has 0 saturated heterocycles. The van der Waals surface area contributed by atoms with Crippen LogP contribution in [-0.4, -0.2) is 19.2 Å². The second-order valence-corrected chi connectivity index (χ2v) is 10.6. The van der Waals surface area contributed by atoms with Crippen molar-refractivity contribution in [1.29, 1.82) is 0 Å². The Morgan fingerprint density at radius 3 is 2.77 bits per heavy atom. The number of ether oxygens (including phenoxy) is 2. The van der Waals surface area contributed by atoms with Crippen molar-refractivity contribution >= 4 is 50.6 Å². The topological polar surface area (TPSA) is 59.9 Å². The average Bonchev–Trinajstić information content (AvgIpc) is 3.39. The summed E-state index contributed by atoms with van der Waals surface area (Å²) < 4.78 is 13.5. The van der Waals surface area contributed by atoms with Crippen LogP contribution in [0.2, 0.25) is 0 Å². The molecule has 4 rings (SSSR count). The smallest absolute Gasteiger partial charge is 0.244 e. The summed E-state index contributed by atoms with van der Waals surface area (Å²) in [4.78, 5) is 12.6. The van der Waals surface area contributed by atoms with E-state index in [-0.39, 0.29) is 17.2 Å². The van der Waals surface area contributed by atoms with E-state index in [0.717, 1.165) is 32.0 Å². The van der Waals surface area contributed by atoms with Crippen LogP contribution in [0.4, 0.5) is 0 Å². The van der Waals surface area contributed by atoms with Gasteiger partial charge in [0.2, 0.25) is 5.91 Å². The molecule has 1 amide bonds. The first-order valence-corrected chi connectivity index (χ1v) is 12.4. The number of halogens is 2. The lowest BCUT2D eigenvalue weighted by Crippen LogP contribution is -2.22. The first kappa shape index (κ1) is 22.6. The number of benzene rings is 2. The largest absolute Gasteiger partial charge is 0.493 e. The molecule has 5 nitrogen and oxygen atoms in total. The van der Waals surface area contributed by atoms with Crippen LogP contribution in [0, 0.1) is 20.8 Å². The average molecular weight is 597 g/mol. The van der Waals surface area contributed by atoms with Crippen LogP contribution < -0.4 is 14.9 Å². The van der Waals surface area contributed by atoms with E-state index in [1.807, 2.05) is 36.4 Å². The van der Waals surface area contributed by atoms with E-state index in [2.05, 4.69) is 56.0 Å². The Labute approximate surface area is 205 Å². The third-order valence-corrected chi connectivity index (χ3v) is 7.88. The molecule has 2 aromatic carbocycles. The highest BCUT2D eigenvalue weighted by atomic mass is 127. The summed E-state index contributed by atoms with van der Waals surface area (Å²) in [6, 6.07) is 11.9. The maximum atomic E-state index is 12.6. The number of nitrogens with zero attached hydrogens (tertiary/aromatic N) is 1. The van der Waals surface area contributed by atoms with Crippen molar-refractivity contribution in [3.05, 3.63) is 55.6 Å². The molecule has 1 N–H and O–H groups in total. The molecule has 0 heterocycles. The summed E-state index contributed by atoms with van der Waals surface area (Å²) in [5.74, 6) is 2.01. The lowest BCUT2D eigenvalue weighted by atomic mass is 9.90. The molecule has 2 aliphatic carbocycles. The Hall–Kier alpha value is -1.61. The molecule has 0 aliphatic heterocycles. The fourth-order valence-corrected chi connectivity index (χ4v) is 5.83. The van der Waals surface area contributed by atoms with Gasteiger partial charge in [0.25, 0.3) is 0 Å². The van der Waals surface area contributed by atoms with Gasteiger partial charge in [0.1, 0.15) is 6.61 Å². The highest BCUT2D eigenvalue weighted by molar-refractivity contribution is 14.1. The standard InChI is InChI=1S/C24H26BrIN2O3/c1-24-10-4-3-5-18(24)21(24)23(29)28-27-13-16-11-19(26)22(20(12-16)30-2)31-14-15-6-8-17(25)9-7-15/h6-9,11-13,18,21H,3-5,10,14H2,1-2H3,(H,28,29)/b27-13-/t18-,21+,24+/m1/s1. The van der Waals surface area contributed by atoms with Crippen LogP contribution >= 0.6 is 38.5 Å². The summed E-state index contributed by atoms with van der Waals surface area (Å²) in [6.07, 6.45) is 6.44. The maximum absolute atomic E-state index is 12.6. The number of fused-ring (bicyclic) bond motifs is 1. The summed E-state index contributed by atoms with van der Waals surface area (Å²) in [6.45, 7) is 2.69. The fraction of sp³-hybridized carbons (Fsp3) is 0.417. The van der Waals surface area contributed by atoms with E-state index in [4.69, 9.17) is 9.47 Å². The van der Waals surface area contributed by atoms with Gasteiger partial charge in [-0.25, -0.2) is 5.43 Å². The van der Waals surface area contributed by atoms with Gasteiger partial charge < -0.3 is 9.47 Å². The quantitative estimate of drug-likeness (QED) is 0.245. The van der Waals surface area contributed by atoms with Crippen molar-refractivity contribution in [2.45, 2.75) is 39.2 Å². The van der Waals surface area contributed by atoms with E-state index in [9.17, 15) is 4.79 Å². The van der Waals surface area contributed by atoms with Crippen LogP contribution in [0.5, 0.6) is 11.5 Å². The van der Waals surface area contributed by atoms with Crippen molar-refractivity contribution in [2.75, 3.05) is 7.11 Å². The molecule has 2 fully saturated rings. The zero-order valence-corrected chi connectivity index (χ0v) is 21.4. The number of methoxy groups -OCH3 is 1. The molecule has 3 atom stereocenters.